The largest absolute Gasteiger partial charge is 0.508 e. The van der Waals surface area contributed by atoms with Gasteiger partial charge in [0.1, 0.15) is 46.5 Å². The molecular weight excluding hydrogens is 464 g/mol. The van der Waals surface area contributed by atoms with E-state index in [1.165, 1.54) is 13.0 Å². The van der Waals surface area contributed by atoms with E-state index >= 15 is 0 Å². The number of carboxylic acids is 1. The lowest BCUT2D eigenvalue weighted by atomic mass is 9.73. The van der Waals surface area contributed by atoms with Crippen LogP contribution < -0.4 is 0 Å². The maximum absolute atomic E-state index is 13.3. The van der Waals surface area contributed by atoms with Gasteiger partial charge in [-0.25, -0.2) is 4.79 Å². The first-order valence-electron chi connectivity index (χ1n) is 10.1. The number of hydrogen-bond acceptors (Lipinski definition) is 10. The number of aliphatic hydroxyl groups is 2. The average Bonchev–Trinajstić information content (AvgIpc) is 2.76. The van der Waals surface area contributed by atoms with Crippen molar-refractivity contribution < 1.29 is 55.2 Å². The molecule has 0 aromatic heterocycles. The molecule has 0 saturated carbocycles. The van der Waals surface area contributed by atoms with Gasteiger partial charge in [0, 0.05) is 28.3 Å². The molecule has 3 aromatic rings. The molecule has 2 unspecified atom stereocenters. The monoisotopic (exact) mass is 480 g/mol. The van der Waals surface area contributed by atoms with Gasteiger partial charge in [0.2, 0.25) is 5.78 Å². The Bertz CT molecular complexity index is 1550. The second-order valence-electron chi connectivity index (χ2n) is 8.36. The quantitative estimate of drug-likeness (QED) is 0.184. The predicted octanol–water partition coefficient (Wildman–Crippen LogP) is 1.74. The molecule has 2 atom stereocenters. The highest BCUT2D eigenvalue weighted by Crippen LogP contribution is 2.58. The smallest absolute Gasteiger partial charge is 0.339 e. The van der Waals surface area contributed by atoms with Crippen LogP contribution in [-0.2, 0) is 0 Å². The summed E-state index contributed by atoms with van der Waals surface area (Å²) in [6.45, 7) is 1.33. The van der Waals surface area contributed by atoms with Crippen molar-refractivity contribution in [3.8, 4) is 39.9 Å². The molecule has 0 fully saturated rings. The predicted molar refractivity (Wildman–Crippen MR) is 115 cm³/mol. The molecule has 0 heterocycles. The van der Waals surface area contributed by atoms with Crippen LogP contribution in [-0.4, -0.2) is 58.4 Å². The first kappa shape index (κ1) is 22.2. The summed E-state index contributed by atoms with van der Waals surface area (Å²) in [5, 5.41) is 84.0. The van der Waals surface area contributed by atoms with E-state index in [4.69, 9.17) is 0 Å². The van der Waals surface area contributed by atoms with E-state index in [9.17, 15) is 55.2 Å². The van der Waals surface area contributed by atoms with Crippen LogP contribution >= 0.6 is 0 Å². The van der Waals surface area contributed by atoms with Crippen LogP contribution in [0.4, 0.5) is 0 Å². The Balaban J connectivity index is 1.95. The Morgan fingerprint density at radius 3 is 2.00 bits per heavy atom. The number of hydrogen-bond donors (Lipinski definition) is 8. The number of carbonyl (C=O) groups is 3. The molecule has 2 aliphatic rings. The number of aliphatic hydroxyl groups excluding tert-OH is 2. The number of benzene rings is 3. The van der Waals surface area contributed by atoms with Crippen LogP contribution in [0.25, 0.3) is 11.1 Å². The molecule has 5 rings (SSSR count). The van der Waals surface area contributed by atoms with Gasteiger partial charge in [-0.15, -0.1) is 0 Å². The van der Waals surface area contributed by atoms with Crippen LogP contribution in [0, 0.1) is 6.92 Å². The highest BCUT2D eigenvalue weighted by molar-refractivity contribution is 6.32. The lowest BCUT2D eigenvalue weighted by Crippen LogP contribution is -2.25. The normalized spacial score (nSPS) is 17.9. The summed E-state index contributed by atoms with van der Waals surface area (Å²) in [6, 6.07) is 2.85. The molecule has 0 aliphatic heterocycles. The molecule has 11 heteroatoms. The third-order valence-corrected chi connectivity index (χ3v) is 6.42. The molecule has 0 saturated heterocycles. The molecule has 0 amide bonds. The zero-order chi connectivity index (χ0) is 25.7. The van der Waals surface area contributed by atoms with Gasteiger partial charge in [-0.2, -0.15) is 0 Å². The molecule has 35 heavy (non-hydrogen) atoms. The highest BCUT2D eigenvalue weighted by atomic mass is 16.4. The van der Waals surface area contributed by atoms with Crippen LogP contribution in [0.3, 0.4) is 0 Å². The van der Waals surface area contributed by atoms with Gasteiger partial charge < -0.3 is 40.9 Å². The number of phenolic OH excluding ortho intramolecular Hbond substituents is 4. The number of rotatable bonds is 1. The third kappa shape index (κ3) is 2.64. The first-order valence-corrected chi connectivity index (χ1v) is 10.1. The number of carbonyl (C=O) groups excluding carboxylic acids is 2. The summed E-state index contributed by atoms with van der Waals surface area (Å²) in [4.78, 5) is 38.2. The minimum absolute atomic E-state index is 0.0243. The van der Waals surface area contributed by atoms with E-state index < -0.39 is 103 Å². The Kier molecular flexibility index (Phi) is 4.41. The summed E-state index contributed by atoms with van der Waals surface area (Å²) in [7, 11) is 0. The van der Waals surface area contributed by atoms with Crippen LogP contribution in [0.1, 0.15) is 71.1 Å². The summed E-state index contributed by atoms with van der Waals surface area (Å²) < 4.78 is 0. The molecular formula is C24H16O11. The van der Waals surface area contributed by atoms with Crippen molar-refractivity contribution in [2.45, 2.75) is 19.1 Å². The molecule has 3 aromatic carbocycles. The van der Waals surface area contributed by atoms with E-state index in [0.29, 0.717) is 0 Å². The third-order valence-electron chi connectivity index (χ3n) is 6.42. The molecule has 8 N–H and O–H groups in total. The maximum Gasteiger partial charge on any atom is 0.339 e. The van der Waals surface area contributed by atoms with Gasteiger partial charge in [0.25, 0.3) is 0 Å². The minimum Gasteiger partial charge on any atom is -0.508 e. The number of aromatic carboxylic acids is 1. The van der Waals surface area contributed by atoms with Gasteiger partial charge in [-0.05, 0) is 24.1 Å². The van der Waals surface area contributed by atoms with Crippen molar-refractivity contribution in [3.05, 3.63) is 62.7 Å². The summed E-state index contributed by atoms with van der Waals surface area (Å²) in [5.41, 5.74) is -4.96. The Labute approximate surface area is 195 Å². The van der Waals surface area contributed by atoms with Gasteiger partial charge in [-0.3, -0.25) is 9.59 Å². The Morgan fingerprint density at radius 1 is 0.743 bits per heavy atom. The molecule has 178 valence electrons. The number of fused-ring (bicyclic) bond motifs is 5. The van der Waals surface area contributed by atoms with Crippen molar-refractivity contribution in [1.82, 2.24) is 0 Å². The standard InChI is InChI=1S/C24H16O11/c1-5-2-7-12(19(29)10(5)24(34)35)13-14(23(33)18(7)28)22(32)16-15(21(13)31)17(27)8-3-6(25)4-9(26)11(8)20(16)30/h2-4,18,23,25-26,28-29,31-33H,1H3,(H,34,35). The second kappa shape index (κ2) is 6.95. The van der Waals surface area contributed by atoms with Gasteiger partial charge in [-0.1, -0.05) is 6.07 Å². The van der Waals surface area contributed by atoms with Crippen LogP contribution in [0.5, 0.6) is 28.7 Å². The van der Waals surface area contributed by atoms with Crippen molar-refractivity contribution in [3.63, 3.8) is 0 Å². The summed E-state index contributed by atoms with van der Waals surface area (Å²) in [6.07, 6.45) is -3.78. The number of aryl methyl sites for hydroxylation is 1. The van der Waals surface area contributed by atoms with Crippen LogP contribution in [0.2, 0.25) is 0 Å². The van der Waals surface area contributed by atoms with Crippen molar-refractivity contribution in [2.24, 2.45) is 0 Å². The minimum atomic E-state index is -1.96. The lowest BCUT2D eigenvalue weighted by Gasteiger charge is -2.33. The molecule has 2 aliphatic carbocycles. The molecule has 0 radical (unpaired) electrons. The number of carboxylic acid groups (broad SMARTS) is 1. The number of ketones is 2. The van der Waals surface area contributed by atoms with Crippen molar-refractivity contribution in [2.75, 3.05) is 0 Å². The lowest BCUT2D eigenvalue weighted by molar-refractivity contribution is 0.0140. The second-order valence-corrected chi connectivity index (χ2v) is 8.36. The zero-order valence-electron chi connectivity index (χ0n) is 17.7. The fourth-order valence-electron chi connectivity index (χ4n) is 4.93. The van der Waals surface area contributed by atoms with Gasteiger partial charge >= 0.3 is 5.97 Å². The molecule has 11 nitrogen and oxygen atoms in total. The Hall–Kier alpha value is -4.61. The first-order chi connectivity index (χ1) is 16.4. The van der Waals surface area contributed by atoms with Crippen molar-refractivity contribution in [1.29, 1.82) is 0 Å². The molecule has 0 bridgehead atoms. The van der Waals surface area contributed by atoms with E-state index in [-0.39, 0.29) is 11.1 Å². The van der Waals surface area contributed by atoms with E-state index in [0.717, 1.165) is 12.1 Å². The maximum atomic E-state index is 13.3. The molecule has 0 spiro atoms. The highest BCUT2D eigenvalue weighted by Gasteiger charge is 2.45. The number of phenols is 5. The fraction of sp³-hybridized carbons (Fsp3) is 0.125. The van der Waals surface area contributed by atoms with Gasteiger partial charge in [0.15, 0.2) is 5.78 Å². The van der Waals surface area contributed by atoms with Gasteiger partial charge in [0.05, 0.1) is 16.7 Å². The zero-order valence-corrected chi connectivity index (χ0v) is 17.7. The average molecular weight is 480 g/mol. The topological polar surface area (TPSA) is 213 Å². The fourth-order valence-corrected chi connectivity index (χ4v) is 4.93. The Morgan fingerprint density at radius 2 is 1.37 bits per heavy atom. The van der Waals surface area contributed by atoms with E-state index in [1.807, 2.05) is 0 Å². The summed E-state index contributed by atoms with van der Waals surface area (Å²) in [5.74, 6) is -7.97. The van der Waals surface area contributed by atoms with E-state index in [2.05, 4.69) is 0 Å². The van der Waals surface area contributed by atoms with Crippen molar-refractivity contribution >= 4 is 17.5 Å². The summed E-state index contributed by atoms with van der Waals surface area (Å²) >= 11 is 0. The van der Waals surface area contributed by atoms with Crippen LogP contribution in [0.15, 0.2) is 18.2 Å². The number of aromatic hydroxyl groups is 5. The van der Waals surface area contributed by atoms with E-state index in [1.54, 1.807) is 0 Å². The SMILES string of the molecule is Cc1cc2c(c(O)c1C(=O)O)-c1c(O)c3c(c(O)c1C(O)C2O)C(=O)c1c(O)cc(O)cc1C3=O.